The van der Waals surface area contributed by atoms with Crippen LogP contribution in [0.3, 0.4) is 0 Å². The number of hydrogen-bond donors (Lipinski definition) is 1. The van der Waals surface area contributed by atoms with E-state index in [0.29, 0.717) is 5.56 Å². The molecule has 2 aromatic rings. The second-order valence-electron chi connectivity index (χ2n) is 4.11. The molecular formula is C14H10FN3O3. The summed E-state index contributed by atoms with van der Waals surface area (Å²) in [5.41, 5.74) is 5.68. The molecule has 7 heteroatoms. The molecule has 0 saturated carbocycles. The first-order valence-electron chi connectivity index (χ1n) is 5.90. The number of rotatable bonds is 4. The minimum atomic E-state index is -0.651. The van der Waals surface area contributed by atoms with E-state index in [2.05, 4.69) is 0 Å². The van der Waals surface area contributed by atoms with Gasteiger partial charge in [0.05, 0.1) is 16.6 Å². The Morgan fingerprint density at radius 2 is 2.00 bits per heavy atom. The van der Waals surface area contributed by atoms with E-state index in [4.69, 9.17) is 15.7 Å². The number of hydrogen-bond acceptors (Lipinski definition) is 5. The zero-order chi connectivity index (χ0) is 15.4. The molecule has 0 aliphatic carbocycles. The number of nitro groups is 1. The van der Waals surface area contributed by atoms with Crippen molar-refractivity contribution in [2.45, 2.75) is 6.54 Å². The first-order chi connectivity index (χ1) is 10.0. The van der Waals surface area contributed by atoms with E-state index in [1.54, 1.807) is 0 Å². The molecule has 2 N–H and O–H groups in total. The molecule has 6 nitrogen and oxygen atoms in total. The summed E-state index contributed by atoms with van der Waals surface area (Å²) in [6.07, 6.45) is 0. The standard InChI is InChI=1S/C14H10FN3O3/c15-11-2-4-13(10(6-11)8-17)21-14-3-1-9(7-16)5-12(14)18(19)20/h1-6H,8,17H2. The number of nitrogens with two attached hydrogens (primary N) is 1. The summed E-state index contributed by atoms with van der Waals surface area (Å²) in [5.74, 6) is -0.288. The van der Waals surface area contributed by atoms with Crippen molar-refractivity contribution in [3.63, 3.8) is 0 Å². The Morgan fingerprint density at radius 3 is 2.62 bits per heavy atom. The van der Waals surface area contributed by atoms with Crippen LogP contribution in [0.1, 0.15) is 11.1 Å². The number of nitrogens with zero attached hydrogens (tertiary/aromatic N) is 2. The summed E-state index contributed by atoms with van der Waals surface area (Å²) in [4.78, 5) is 10.4. The molecule has 2 aromatic carbocycles. The Kier molecular flexibility index (Phi) is 4.11. The van der Waals surface area contributed by atoms with Crippen molar-refractivity contribution in [1.82, 2.24) is 0 Å². The predicted octanol–water partition coefficient (Wildman–Crippen LogP) is 2.86. The van der Waals surface area contributed by atoms with Gasteiger partial charge in [-0.1, -0.05) is 0 Å². The summed E-state index contributed by atoms with van der Waals surface area (Å²) in [6.45, 7) is 0.0250. The summed E-state index contributed by atoms with van der Waals surface area (Å²) in [5, 5.41) is 19.8. The molecule has 0 fully saturated rings. The van der Waals surface area contributed by atoms with Crippen LogP contribution in [0.15, 0.2) is 36.4 Å². The van der Waals surface area contributed by atoms with Gasteiger partial charge in [0.2, 0.25) is 5.75 Å². The van der Waals surface area contributed by atoms with Crippen molar-refractivity contribution in [1.29, 1.82) is 5.26 Å². The molecule has 0 heterocycles. The van der Waals surface area contributed by atoms with Crippen molar-refractivity contribution in [2.75, 3.05) is 0 Å². The van der Waals surface area contributed by atoms with Gasteiger partial charge in [0.25, 0.3) is 0 Å². The summed E-state index contributed by atoms with van der Waals surface area (Å²) >= 11 is 0. The Labute approximate surface area is 119 Å². The number of nitro benzene ring substituents is 1. The molecule has 106 valence electrons. The van der Waals surface area contributed by atoms with Crippen LogP contribution in [0.25, 0.3) is 0 Å². The van der Waals surface area contributed by atoms with Gasteiger partial charge >= 0.3 is 5.69 Å². The molecule has 0 aromatic heterocycles. The van der Waals surface area contributed by atoms with Crippen molar-refractivity contribution < 1.29 is 14.1 Å². The third-order valence-electron chi connectivity index (χ3n) is 2.75. The number of benzene rings is 2. The van der Waals surface area contributed by atoms with Crippen LogP contribution in [0.2, 0.25) is 0 Å². The lowest BCUT2D eigenvalue weighted by Crippen LogP contribution is -2.01. The monoisotopic (exact) mass is 287 g/mol. The fourth-order valence-corrected chi connectivity index (χ4v) is 1.74. The average molecular weight is 287 g/mol. The fraction of sp³-hybridized carbons (Fsp3) is 0.0714. The third-order valence-corrected chi connectivity index (χ3v) is 2.75. The van der Waals surface area contributed by atoms with Gasteiger partial charge in [-0.15, -0.1) is 0 Å². The van der Waals surface area contributed by atoms with Crippen molar-refractivity contribution in [2.24, 2.45) is 5.73 Å². The van der Waals surface area contributed by atoms with Crippen LogP contribution >= 0.6 is 0 Å². The first kappa shape index (κ1) is 14.4. The van der Waals surface area contributed by atoms with Crippen LogP contribution in [-0.2, 0) is 6.54 Å². The Bertz CT molecular complexity index is 741. The van der Waals surface area contributed by atoms with Crippen LogP contribution < -0.4 is 10.5 Å². The Morgan fingerprint density at radius 1 is 1.29 bits per heavy atom. The lowest BCUT2D eigenvalue weighted by Gasteiger charge is -2.10. The maximum absolute atomic E-state index is 13.1. The third kappa shape index (κ3) is 3.13. The highest BCUT2D eigenvalue weighted by atomic mass is 19.1. The minimum Gasteiger partial charge on any atom is -0.450 e. The molecule has 0 unspecified atom stereocenters. The topological polar surface area (TPSA) is 102 Å². The van der Waals surface area contributed by atoms with Gasteiger partial charge in [-0.05, 0) is 30.3 Å². The van der Waals surface area contributed by atoms with Crippen LogP contribution in [-0.4, -0.2) is 4.92 Å². The van der Waals surface area contributed by atoms with Crippen molar-refractivity contribution in [3.8, 4) is 17.6 Å². The van der Waals surface area contributed by atoms with E-state index in [1.807, 2.05) is 6.07 Å². The van der Waals surface area contributed by atoms with Gasteiger partial charge in [0.1, 0.15) is 11.6 Å². The van der Waals surface area contributed by atoms with E-state index in [0.717, 1.165) is 6.07 Å². The fourth-order valence-electron chi connectivity index (χ4n) is 1.74. The average Bonchev–Trinajstić information content (AvgIpc) is 2.49. The maximum atomic E-state index is 13.1. The molecule has 0 aliphatic rings. The number of ether oxygens (including phenoxy) is 1. The minimum absolute atomic E-state index is 0.0250. The zero-order valence-electron chi connectivity index (χ0n) is 10.7. The van der Waals surface area contributed by atoms with Gasteiger partial charge in [0, 0.05) is 18.2 Å². The number of halogens is 1. The molecule has 0 amide bonds. The van der Waals surface area contributed by atoms with E-state index in [1.165, 1.54) is 30.3 Å². The van der Waals surface area contributed by atoms with Crippen LogP contribution in [0.5, 0.6) is 11.5 Å². The molecule has 21 heavy (non-hydrogen) atoms. The van der Waals surface area contributed by atoms with E-state index in [-0.39, 0.29) is 29.3 Å². The van der Waals surface area contributed by atoms with E-state index >= 15 is 0 Å². The highest BCUT2D eigenvalue weighted by molar-refractivity contribution is 5.53. The van der Waals surface area contributed by atoms with Gasteiger partial charge in [-0.25, -0.2) is 4.39 Å². The molecule has 0 spiro atoms. The van der Waals surface area contributed by atoms with Gasteiger partial charge in [-0.3, -0.25) is 10.1 Å². The molecule has 0 atom stereocenters. The summed E-state index contributed by atoms with van der Waals surface area (Å²) < 4.78 is 18.6. The quantitative estimate of drug-likeness (QED) is 0.688. The largest absolute Gasteiger partial charge is 0.450 e. The summed E-state index contributed by atoms with van der Waals surface area (Å²) in [7, 11) is 0. The highest BCUT2D eigenvalue weighted by Gasteiger charge is 2.18. The highest BCUT2D eigenvalue weighted by Crippen LogP contribution is 2.33. The van der Waals surface area contributed by atoms with Gasteiger partial charge in [-0.2, -0.15) is 5.26 Å². The molecule has 0 radical (unpaired) electrons. The van der Waals surface area contributed by atoms with Crippen molar-refractivity contribution >= 4 is 5.69 Å². The molecule has 0 aliphatic heterocycles. The zero-order valence-corrected chi connectivity index (χ0v) is 10.7. The van der Waals surface area contributed by atoms with Gasteiger partial charge in [0.15, 0.2) is 0 Å². The second-order valence-corrected chi connectivity index (χ2v) is 4.11. The maximum Gasteiger partial charge on any atom is 0.312 e. The van der Waals surface area contributed by atoms with Crippen LogP contribution in [0.4, 0.5) is 10.1 Å². The molecule has 0 saturated heterocycles. The lowest BCUT2D eigenvalue weighted by atomic mass is 10.2. The molecular weight excluding hydrogens is 277 g/mol. The van der Waals surface area contributed by atoms with E-state index < -0.39 is 10.7 Å². The van der Waals surface area contributed by atoms with Gasteiger partial charge < -0.3 is 10.5 Å². The SMILES string of the molecule is N#Cc1ccc(Oc2ccc(F)cc2CN)c([N+](=O)[O-])c1. The number of nitriles is 1. The van der Waals surface area contributed by atoms with E-state index in [9.17, 15) is 14.5 Å². The second kappa shape index (κ2) is 5.98. The van der Waals surface area contributed by atoms with Crippen molar-refractivity contribution in [3.05, 3.63) is 63.5 Å². The Hall–Kier alpha value is -2.98. The normalized spacial score (nSPS) is 9.95. The summed E-state index contributed by atoms with van der Waals surface area (Å²) in [6, 6.07) is 9.36. The smallest absolute Gasteiger partial charge is 0.312 e. The first-order valence-corrected chi connectivity index (χ1v) is 5.90. The Balaban J connectivity index is 2.45. The molecule has 0 bridgehead atoms. The predicted molar refractivity (Wildman–Crippen MR) is 72.2 cm³/mol. The van der Waals surface area contributed by atoms with Crippen LogP contribution in [0, 0.1) is 27.3 Å². The lowest BCUT2D eigenvalue weighted by molar-refractivity contribution is -0.385. The molecule has 2 rings (SSSR count).